The molecule has 0 atom stereocenters. The molecule has 0 unspecified atom stereocenters. The van der Waals surface area contributed by atoms with E-state index in [-0.39, 0.29) is 18.2 Å². The molecule has 0 bridgehead atoms. The fraction of sp³-hybridized carbons (Fsp3) is 0.167. The van der Waals surface area contributed by atoms with Crippen LogP contribution in [0.4, 0.5) is 11.4 Å². The molecule has 1 aliphatic rings. The third-order valence-corrected chi connectivity index (χ3v) is 5.42. The molecule has 2 amide bonds. The number of fused-ring (bicyclic) bond motifs is 1. The molecule has 0 fully saturated rings. The molecular formula is C24H21ClN2O2. The number of amides is 2. The van der Waals surface area contributed by atoms with Crippen LogP contribution in [0.2, 0.25) is 5.02 Å². The van der Waals surface area contributed by atoms with Crippen molar-refractivity contribution in [2.75, 3.05) is 10.2 Å². The van der Waals surface area contributed by atoms with Gasteiger partial charge in [-0.05, 0) is 47.4 Å². The zero-order chi connectivity index (χ0) is 20.2. The lowest BCUT2D eigenvalue weighted by Gasteiger charge is -2.30. The molecule has 5 heteroatoms. The lowest BCUT2D eigenvalue weighted by atomic mass is 9.99. The lowest BCUT2D eigenvalue weighted by molar-refractivity contribution is -0.119. The molecule has 4 rings (SSSR count). The van der Waals surface area contributed by atoms with Crippen molar-refractivity contribution in [3.8, 4) is 0 Å². The van der Waals surface area contributed by atoms with Crippen LogP contribution in [0, 0.1) is 0 Å². The van der Waals surface area contributed by atoms with Crippen LogP contribution >= 0.6 is 11.6 Å². The number of carbonyl (C=O) groups excluding carboxylic acids is 2. The van der Waals surface area contributed by atoms with Gasteiger partial charge in [-0.3, -0.25) is 9.59 Å². The maximum absolute atomic E-state index is 12.5. The molecule has 0 aliphatic carbocycles. The summed E-state index contributed by atoms with van der Waals surface area (Å²) >= 11 is 6.14. The predicted octanol–water partition coefficient (Wildman–Crippen LogP) is 5.00. The van der Waals surface area contributed by atoms with Crippen molar-refractivity contribution >= 4 is 34.8 Å². The molecule has 3 aromatic carbocycles. The van der Waals surface area contributed by atoms with E-state index in [1.165, 1.54) is 0 Å². The molecule has 3 aromatic rings. The summed E-state index contributed by atoms with van der Waals surface area (Å²) in [5, 5.41) is 3.53. The van der Waals surface area contributed by atoms with Crippen LogP contribution in [0.15, 0.2) is 72.8 Å². The van der Waals surface area contributed by atoms with Crippen LogP contribution < -0.4 is 10.2 Å². The number of nitrogens with zero attached hydrogens (tertiary/aromatic N) is 1. The summed E-state index contributed by atoms with van der Waals surface area (Å²) < 4.78 is 0. The highest BCUT2D eigenvalue weighted by atomic mass is 35.5. The Morgan fingerprint density at radius 1 is 0.966 bits per heavy atom. The Bertz CT molecular complexity index is 1050. The molecule has 0 spiro atoms. The van der Waals surface area contributed by atoms with Crippen LogP contribution in [-0.2, 0) is 29.0 Å². The van der Waals surface area contributed by atoms with E-state index in [0.717, 1.165) is 28.1 Å². The Morgan fingerprint density at radius 3 is 2.52 bits per heavy atom. The number of carbonyl (C=O) groups is 2. The summed E-state index contributed by atoms with van der Waals surface area (Å²) in [6.07, 6.45) is 1.36. The second-order valence-electron chi connectivity index (χ2n) is 7.13. The minimum absolute atomic E-state index is 0.119. The fourth-order valence-electron chi connectivity index (χ4n) is 3.60. The molecule has 146 valence electrons. The molecular weight excluding hydrogens is 384 g/mol. The van der Waals surface area contributed by atoms with Crippen LogP contribution in [0.5, 0.6) is 0 Å². The van der Waals surface area contributed by atoms with Crippen LogP contribution in [0.3, 0.4) is 0 Å². The fourth-order valence-corrected chi connectivity index (χ4v) is 3.80. The summed E-state index contributed by atoms with van der Waals surface area (Å²) in [6.45, 7) is 0.547. The van der Waals surface area contributed by atoms with Crippen molar-refractivity contribution < 1.29 is 9.59 Å². The van der Waals surface area contributed by atoms with Crippen molar-refractivity contribution in [3.63, 3.8) is 0 Å². The highest BCUT2D eigenvalue weighted by Crippen LogP contribution is 2.31. The van der Waals surface area contributed by atoms with Crippen LogP contribution in [-0.4, -0.2) is 11.8 Å². The van der Waals surface area contributed by atoms with Gasteiger partial charge in [0, 0.05) is 22.8 Å². The Hall–Kier alpha value is -3.11. The van der Waals surface area contributed by atoms with E-state index < -0.39 is 0 Å². The molecule has 1 aliphatic heterocycles. The van der Waals surface area contributed by atoms with Gasteiger partial charge in [-0.25, -0.2) is 0 Å². The standard InChI is InChI=1S/C24H21ClN2O2/c25-21-9-5-4-8-18(21)15-23(28)26-20-11-12-22-19(14-20)10-13-24(29)27(22)16-17-6-2-1-3-7-17/h1-9,11-12,14H,10,13,15-16H2,(H,26,28). The van der Waals surface area contributed by atoms with E-state index >= 15 is 0 Å². The van der Waals surface area contributed by atoms with E-state index in [1.54, 1.807) is 6.07 Å². The van der Waals surface area contributed by atoms with Crippen LogP contribution in [0.25, 0.3) is 0 Å². The van der Waals surface area contributed by atoms with Gasteiger partial charge >= 0.3 is 0 Å². The number of halogens is 1. The quantitative estimate of drug-likeness (QED) is 0.650. The average molecular weight is 405 g/mol. The van der Waals surface area contributed by atoms with E-state index in [9.17, 15) is 9.59 Å². The largest absolute Gasteiger partial charge is 0.326 e. The molecule has 0 aromatic heterocycles. The Morgan fingerprint density at radius 2 is 1.72 bits per heavy atom. The number of benzene rings is 3. The van der Waals surface area contributed by atoms with Gasteiger partial charge in [-0.2, -0.15) is 0 Å². The van der Waals surface area contributed by atoms with Crippen molar-refractivity contribution in [2.24, 2.45) is 0 Å². The van der Waals surface area contributed by atoms with E-state index in [1.807, 2.05) is 71.6 Å². The Kier molecular flexibility index (Phi) is 5.63. The van der Waals surface area contributed by atoms with Crippen molar-refractivity contribution in [2.45, 2.75) is 25.8 Å². The normalized spacial score (nSPS) is 13.1. The Balaban J connectivity index is 1.50. The van der Waals surface area contributed by atoms with Gasteiger partial charge in [0.25, 0.3) is 0 Å². The smallest absolute Gasteiger partial charge is 0.228 e. The van der Waals surface area contributed by atoms with Gasteiger partial charge in [0.2, 0.25) is 11.8 Å². The molecule has 1 N–H and O–H groups in total. The zero-order valence-electron chi connectivity index (χ0n) is 15.9. The van der Waals surface area contributed by atoms with Gasteiger partial charge in [0.05, 0.1) is 13.0 Å². The molecule has 1 heterocycles. The molecule has 4 nitrogen and oxygen atoms in total. The molecule has 0 radical (unpaired) electrons. The summed E-state index contributed by atoms with van der Waals surface area (Å²) in [7, 11) is 0. The van der Waals surface area contributed by atoms with Gasteiger partial charge in [0.1, 0.15) is 0 Å². The topological polar surface area (TPSA) is 49.4 Å². The van der Waals surface area contributed by atoms with Crippen molar-refractivity contribution in [1.29, 1.82) is 0 Å². The minimum atomic E-state index is -0.119. The first-order chi connectivity index (χ1) is 14.1. The number of nitrogens with one attached hydrogen (secondary N) is 1. The number of hydrogen-bond donors (Lipinski definition) is 1. The first-order valence-corrected chi connectivity index (χ1v) is 9.98. The van der Waals surface area contributed by atoms with Crippen molar-refractivity contribution in [1.82, 2.24) is 0 Å². The van der Waals surface area contributed by atoms with Gasteiger partial charge < -0.3 is 10.2 Å². The Labute approximate surface area is 175 Å². The lowest BCUT2D eigenvalue weighted by Crippen LogP contribution is -2.34. The average Bonchev–Trinajstić information content (AvgIpc) is 2.72. The van der Waals surface area contributed by atoms with E-state index in [4.69, 9.17) is 11.6 Å². The number of anilines is 2. The van der Waals surface area contributed by atoms with Crippen LogP contribution in [0.1, 0.15) is 23.1 Å². The number of rotatable bonds is 5. The van der Waals surface area contributed by atoms with Crippen molar-refractivity contribution in [3.05, 3.63) is 94.5 Å². The van der Waals surface area contributed by atoms with E-state index in [2.05, 4.69) is 5.32 Å². The van der Waals surface area contributed by atoms with Gasteiger partial charge in [0.15, 0.2) is 0 Å². The highest BCUT2D eigenvalue weighted by molar-refractivity contribution is 6.31. The summed E-state index contributed by atoms with van der Waals surface area (Å²) in [5.41, 5.74) is 4.59. The second kappa shape index (κ2) is 8.50. The first kappa shape index (κ1) is 19.2. The maximum Gasteiger partial charge on any atom is 0.228 e. The van der Waals surface area contributed by atoms with Gasteiger partial charge in [-0.1, -0.05) is 60.1 Å². The number of hydrogen-bond acceptors (Lipinski definition) is 2. The van der Waals surface area contributed by atoms with E-state index in [0.29, 0.717) is 24.4 Å². The summed E-state index contributed by atoms with van der Waals surface area (Å²) in [5.74, 6) is 0.00272. The molecule has 0 saturated carbocycles. The number of aryl methyl sites for hydroxylation is 1. The summed E-state index contributed by atoms with van der Waals surface area (Å²) in [6, 6.07) is 23.0. The second-order valence-corrected chi connectivity index (χ2v) is 7.53. The molecule has 0 saturated heterocycles. The summed E-state index contributed by atoms with van der Waals surface area (Å²) in [4.78, 5) is 26.8. The molecule has 29 heavy (non-hydrogen) atoms. The van der Waals surface area contributed by atoms with Gasteiger partial charge in [-0.15, -0.1) is 0 Å². The minimum Gasteiger partial charge on any atom is -0.326 e. The maximum atomic E-state index is 12.5. The third-order valence-electron chi connectivity index (χ3n) is 5.06. The monoisotopic (exact) mass is 404 g/mol. The zero-order valence-corrected chi connectivity index (χ0v) is 16.7. The predicted molar refractivity (Wildman–Crippen MR) is 116 cm³/mol. The highest BCUT2D eigenvalue weighted by Gasteiger charge is 2.24. The SMILES string of the molecule is O=C(Cc1ccccc1Cl)Nc1ccc2c(c1)CCC(=O)N2Cc1ccccc1. The first-order valence-electron chi connectivity index (χ1n) is 9.60. The third kappa shape index (κ3) is 4.49.